The zero-order valence-electron chi connectivity index (χ0n) is 9.05. The van der Waals surface area contributed by atoms with E-state index in [-0.39, 0.29) is 0 Å². The van der Waals surface area contributed by atoms with Gasteiger partial charge in [-0.05, 0) is 30.5 Å². The fraction of sp³-hybridized carbons (Fsp3) is 0.455. The molecule has 0 amide bonds. The van der Waals surface area contributed by atoms with E-state index in [0.29, 0.717) is 11.1 Å². The van der Waals surface area contributed by atoms with Crippen molar-refractivity contribution in [1.82, 2.24) is 0 Å². The molecule has 3 N–H and O–H groups in total. The number of nitrogens with two attached hydrogens (primary N) is 1. The van der Waals surface area contributed by atoms with Gasteiger partial charge in [-0.2, -0.15) is 13.2 Å². The van der Waals surface area contributed by atoms with Gasteiger partial charge in [-0.15, -0.1) is 0 Å². The van der Waals surface area contributed by atoms with Crippen LogP contribution in [0.2, 0.25) is 0 Å². The zero-order chi connectivity index (χ0) is 12.5. The first-order valence-electron chi connectivity index (χ1n) is 4.81. The number of halogens is 3. The average Bonchev–Trinajstić information content (AvgIpc) is 2.18. The summed E-state index contributed by atoms with van der Waals surface area (Å²) in [7, 11) is 0. The summed E-state index contributed by atoms with van der Waals surface area (Å²) in [6.45, 7) is 3.47. The van der Waals surface area contributed by atoms with Crippen molar-refractivity contribution in [2.75, 3.05) is 0 Å². The highest BCUT2D eigenvalue weighted by Gasteiger charge is 2.43. The minimum absolute atomic E-state index is 0.324. The first-order chi connectivity index (χ1) is 7.25. The molecule has 0 aromatic heterocycles. The number of aliphatic hydroxyl groups is 1. The van der Waals surface area contributed by atoms with Crippen molar-refractivity contribution in [3.8, 4) is 0 Å². The van der Waals surface area contributed by atoms with Gasteiger partial charge in [0.25, 0.3) is 0 Å². The molecule has 5 heteroatoms. The number of alkyl halides is 3. The Bertz CT molecular complexity index is 376. The molecule has 0 aliphatic rings. The quantitative estimate of drug-likeness (QED) is 0.822. The number of hydrogen-bond acceptors (Lipinski definition) is 2. The summed E-state index contributed by atoms with van der Waals surface area (Å²) >= 11 is 0. The third kappa shape index (κ3) is 2.54. The first kappa shape index (κ1) is 13.0. The molecule has 0 spiro atoms. The molecule has 2 atom stereocenters. The van der Waals surface area contributed by atoms with Gasteiger partial charge in [-0.25, -0.2) is 0 Å². The van der Waals surface area contributed by atoms with E-state index in [1.54, 1.807) is 26.0 Å². The molecule has 1 aromatic rings. The van der Waals surface area contributed by atoms with Crippen molar-refractivity contribution in [2.45, 2.75) is 32.2 Å². The molecule has 90 valence electrons. The van der Waals surface area contributed by atoms with Crippen molar-refractivity contribution in [2.24, 2.45) is 5.73 Å². The van der Waals surface area contributed by atoms with Crippen LogP contribution in [-0.4, -0.2) is 17.4 Å². The molecule has 0 aliphatic heterocycles. The lowest BCUT2D eigenvalue weighted by Gasteiger charge is -2.23. The SMILES string of the molecule is Cc1cccc([C@H](N)[C@H](O)C(F)(F)F)c1C. The van der Waals surface area contributed by atoms with Crippen LogP contribution in [0.5, 0.6) is 0 Å². The van der Waals surface area contributed by atoms with E-state index < -0.39 is 18.3 Å². The second-order valence-electron chi connectivity index (χ2n) is 3.80. The van der Waals surface area contributed by atoms with Crippen LogP contribution in [-0.2, 0) is 0 Å². The van der Waals surface area contributed by atoms with Crippen LogP contribution < -0.4 is 5.73 Å². The van der Waals surface area contributed by atoms with E-state index in [1.165, 1.54) is 6.07 Å². The lowest BCUT2D eigenvalue weighted by molar-refractivity contribution is -0.210. The maximum absolute atomic E-state index is 12.3. The van der Waals surface area contributed by atoms with Crippen molar-refractivity contribution in [1.29, 1.82) is 0 Å². The normalized spacial score (nSPS) is 15.9. The molecule has 0 heterocycles. The van der Waals surface area contributed by atoms with Crippen molar-refractivity contribution >= 4 is 0 Å². The van der Waals surface area contributed by atoms with E-state index >= 15 is 0 Å². The van der Waals surface area contributed by atoms with Crippen molar-refractivity contribution in [3.05, 3.63) is 34.9 Å². The largest absolute Gasteiger partial charge is 0.416 e. The minimum Gasteiger partial charge on any atom is -0.382 e. The van der Waals surface area contributed by atoms with Gasteiger partial charge in [-0.3, -0.25) is 0 Å². The maximum atomic E-state index is 12.3. The molecule has 0 saturated heterocycles. The van der Waals surface area contributed by atoms with Crippen LogP contribution in [0.3, 0.4) is 0 Å². The fourth-order valence-electron chi connectivity index (χ4n) is 1.51. The first-order valence-corrected chi connectivity index (χ1v) is 4.81. The van der Waals surface area contributed by atoms with Crippen LogP contribution in [0.1, 0.15) is 22.7 Å². The number of hydrogen-bond donors (Lipinski definition) is 2. The van der Waals surface area contributed by atoms with Gasteiger partial charge in [-0.1, -0.05) is 18.2 Å². The molecule has 0 aliphatic carbocycles. The van der Waals surface area contributed by atoms with Gasteiger partial charge in [0, 0.05) is 0 Å². The Kier molecular flexibility index (Phi) is 3.60. The van der Waals surface area contributed by atoms with Crippen molar-refractivity contribution in [3.63, 3.8) is 0 Å². The number of aliphatic hydroxyl groups excluding tert-OH is 1. The van der Waals surface area contributed by atoms with Crippen LogP contribution in [0.15, 0.2) is 18.2 Å². The molecule has 0 saturated carbocycles. The molecule has 0 bridgehead atoms. The summed E-state index contributed by atoms with van der Waals surface area (Å²) in [5.41, 5.74) is 7.28. The van der Waals surface area contributed by atoms with Gasteiger partial charge in [0.05, 0.1) is 6.04 Å². The van der Waals surface area contributed by atoms with E-state index in [0.717, 1.165) is 5.56 Å². The molecule has 1 rings (SSSR count). The second-order valence-corrected chi connectivity index (χ2v) is 3.80. The van der Waals surface area contributed by atoms with E-state index in [2.05, 4.69) is 0 Å². The Balaban J connectivity index is 3.06. The third-order valence-electron chi connectivity index (χ3n) is 2.68. The van der Waals surface area contributed by atoms with Gasteiger partial charge in [0.2, 0.25) is 0 Å². The number of benzene rings is 1. The molecule has 1 aromatic carbocycles. The average molecular weight is 233 g/mol. The molecule has 2 nitrogen and oxygen atoms in total. The standard InChI is InChI=1S/C11H14F3NO/c1-6-4-3-5-8(7(6)2)9(15)10(16)11(12,13)14/h3-5,9-10,16H,15H2,1-2H3/t9-,10-/m0/s1. The molecule has 0 fully saturated rings. The molecule has 0 unspecified atom stereocenters. The predicted molar refractivity (Wildman–Crippen MR) is 54.9 cm³/mol. The van der Waals surface area contributed by atoms with Crippen LogP contribution in [0.4, 0.5) is 13.2 Å². The summed E-state index contributed by atoms with van der Waals surface area (Å²) in [5, 5.41) is 9.07. The van der Waals surface area contributed by atoms with Crippen LogP contribution in [0, 0.1) is 13.8 Å². The Morgan fingerprint density at radius 1 is 1.25 bits per heavy atom. The Morgan fingerprint density at radius 3 is 2.31 bits per heavy atom. The van der Waals surface area contributed by atoms with Gasteiger partial charge < -0.3 is 10.8 Å². The maximum Gasteiger partial charge on any atom is 0.416 e. The molecular weight excluding hydrogens is 219 g/mol. The summed E-state index contributed by atoms with van der Waals surface area (Å²) < 4.78 is 36.9. The molecule has 16 heavy (non-hydrogen) atoms. The summed E-state index contributed by atoms with van der Waals surface area (Å²) in [6.07, 6.45) is -7.23. The highest BCUT2D eigenvalue weighted by Crippen LogP contribution is 2.30. The fourth-order valence-corrected chi connectivity index (χ4v) is 1.51. The van der Waals surface area contributed by atoms with E-state index in [4.69, 9.17) is 10.8 Å². The summed E-state index contributed by atoms with van der Waals surface area (Å²) in [5.74, 6) is 0. The van der Waals surface area contributed by atoms with E-state index in [9.17, 15) is 13.2 Å². The smallest absolute Gasteiger partial charge is 0.382 e. The van der Waals surface area contributed by atoms with Gasteiger partial charge >= 0.3 is 6.18 Å². The monoisotopic (exact) mass is 233 g/mol. The van der Waals surface area contributed by atoms with Gasteiger partial charge in [0.1, 0.15) is 0 Å². The van der Waals surface area contributed by atoms with E-state index in [1.807, 2.05) is 0 Å². The van der Waals surface area contributed by atoms with Crippen molar-refractivity contribution < 1.29 is 18.3 Å². The zero-order valence-corrected chi connectivity index (χ0v) is 9.05. The minimum atomic E-state index is -4.70. The Hall–Kier alpha value is -1.07. The Morgan fingerprint density at radius 2 is 1.81 bits per heavy atom. The third-order valence-corrected chi connectivity index (χ3v) is 2.68. The highest BCUT2D eigenvalue weighted by atomic mass is 19.4. The summed E-state index contributed by atoms with van der Waals surface area (Å²) in [6, 6.07) is 3.47. The van der Waals surface area contributed by atoms with Gasteiger partial charge in [0.15, 0.2) is 6.10 Å². The van der Waals surface area contributed by atoms with Crippen LogP contribution >= 0.6 is 0 Å². The molecular formula is C11H14F3NO. The number of rotatable bonds is 2. The lowest BCUT2D eigenvalue weighted by atomic mass is 9.94. The second kappa shape index (κ2) is 4.43. The topological polar surface area (TPSA) is 46.2 Å². The highest BCUT2D eigenvalue weighted by molar-refractivity contribution is 5.35. The van der Waals surface area contributed by atoms with Crippen LogP contribution in [0.25, 0.3) is 0 Å². The predicted octanol–water partition coefficient (Wildman–Crippen LogP) is 2.23. The number of aryl methyl sites for hydroxylation is 1. The lowest BCUT2D eigenvalue weighted by Crippen LogP contribution is -2.39. The Labute approximate surface area is 91.9 Å². The summed E-state index contributed by atoms with van der Waals surface area (Å²) in [4.78, 5) is 0. The molecule has 0 radical (unpaired) electrons.